The molecule has 1 aromatic heterocycles. The molecule has 3 saturated heterocycles. The maximum atomic E-state index is 12.8. The predicted molar refractivity (Wildman–Crippen MR) is 116 cm³/mol. The van der Waals surface area contributed by atoms with Crippen molar-refractivity contribution in [3.05, 3.63) is 72.1 Å². The maximum absolute atomic E-state index is 12.8. The van der Waals surface area contributed by atoms with Crippen molar-refractivity contribution in [2.75, 3.05) is 19.6 Å². The Morgan fingerprint density at radius 1 is 1.10 bits per heavy atom. The number of carbonyl (C=O) groups is 1. The van der Waals surface area contributed by atoms with Crippen molar-refractivity contribution in [3.63, 3.8) is 0 Å². The molecule has 4 heterocycles. The highest BCUT2D eigenvalue weighted by atomic mass is 16.5. The van der Waals surface area contributed by atoms with Crippen molar-refractivity contribution in [3.8, 4) is 11.5 Å². The lowest BCUT2D eigenvalue weighted by molar-refractivity contribution is -0.958. The molecule has 0 aliphatic carbocycles. The summed E-state index contributed by atoms with van der Waals surface area (Å²) in [7, 11) is 0. The zero-order valence-corrected chi connectivity index (χ0v) is 17.8. The van der Waals surface area contributed by atoms with Crippen LogP contribution in [0.25, 0.3) is 11.5 Å². The molecule has 0 radical (unpaired) electrons. The van der Waals surface area contributed by atoms with Crippen molar-refractivity contribution in [1.82, 2.24) is 10.1 Å². The third kappa shape index (κ3) is 4.12. The first-order valence-electron chi connectivity index (χ1n) is 11.1. The van der Waals surface area contributed by atoms with Crippen LogP contribution in [0.4, 0.5) is 0 Å². The number of nitrogens with zero attached hydrogens (tertiary/aromatic N) is 3. The molecule has 31 heavy (non-hydrogen) atoms. The molecule has 0 saturated carbocycles. The Morgan fingerprint density at radius 2 is 1.77 bits per heavy atom. The van der Waals surface area contributed by atoms with Gasteiger partial charge in [-0.3, -0.25) is 4.79 Å². The topological polar surface area (TPSA) is 65.2 Å². The summed E-state index contributed by atoms with van der Waals surface area (Å²) in [6.07, 6.45) is 2.10. The van der Waals surface area contributed by atoms with Crippen LogP contribution in [-0.4, -0.2) is 46.3 Å². The van der Waals surface area contributed by atoms with E-state index in [1.165, 1.54) is 0 Å². The standard InChI is InChI=1S/C25H28N3O3/c1-18(19-8-4-2-5-9-19)25(29)30-22-16-28(14-12-20(22)13-15-28)17-23-26-24(31-27-23)21-10-6-3-7-11-21/h2-11,18,20,22H,12-17H2,1H3/q+1/t18?,20?,22-,28?/m0/s1. The molecule has 2 bridgehead atoms. The highest BCUT2D eigenvalue weighted by molar-refractivity contribution is 5.77. The van der Waals surface area contributed by atoms with Gasteiger partial charge in [0, 0.05) is 24.3 Å². The van der Waals surface area contributed by atoms with Gasteiger partial charge in [0.1, 0.15) is 13.1 Å². The number of carbonyl (C=O) groups excluding carboxylic acids is 1. The first kappa shape index (κ1) is 19.9. The second-order valence-corrected chi connectivity index (χ2v) is 8.96. The Morgan fingerprint density at radius 3 is 2.48 bits per heavy atom. The van der Waals surface area contributed by atoms with Crippen molar-refractivity contribution in [1.29, 1.82) is 0 Å². The fourth-order valence-corrected chi connectivity index (χ4v) is 5.02. The van der Waals surface area contributed by atoms with Crippen LogP contribution < -0.4 is 0 Å². The van der Waals surface area contributed by atoms with E-state index < -0.39 is 0 Å². The van der Waals surface area contributed by atoms with E-state index in [0.717, 1.165) is 53.9 Å². The monoisotopic (exact) mass is 418 g/mol. The Labute approximate surface area is 182 Å². The van der Waals surface area contributed by atoms with Gasteiger partial charge in [-0.25, -0.2) is 0 Å². The lowest BCUT2D eigenvalue weighted by Crippen LogP contribution is -2.64. The fourth-order valence-electron chi connectivity index (χ4n) is 5.02. The van der Waals surface area contributed by atoms with Crippen LogP contribution in [0.3, 0.4) is 0 Å². The van der Waals surface area contributed by atoms with Gasteiger partial charge < -0.3 is 13.7 Å². The van der Waals surface area contributed by atoms with Gasteiger partial charge in [-0.05, 0) is 24.6 Å². The van der Waals surface area contributed by atoms with Gasteiger partial charge >= 0.3 is 5.97 Å². The molecule has 160 valence electrons. The summed E-state index contributed by atoms with van der Waals surface area (Å²) in [5.41, 5.74) is 1.93. The van der Waals surface area contributed by atoms with Gasteiger partial charge in [0.15, 0.2) is 6.10 Å². The number of rotatable bonds is 6. The number of hydrogen-bond acceptors (Lipinski definition) is 5. The van der Waals surface area contributed by atoms with E-state index in [1.807, 2.05) is 67.6 Å². The summed E-state index contributed by atoms with van der Waals surface area (Å²) < 4.78 is 12.4. The number of esters is 1. The molecule has 3 aromatic rings. The summed E-state index contributed by atoms with van der Waals surface area (Å²) in [6.45, 7) is 5.61. The van der Waals surface area contributed by atoms with Gasteiger partial charge in [0.2, 0.25) is 5.82 Å². The molecule has 3 fully saturated rings. The molecule has 0 spiro atoms. The molecular weight excluding hydrogens is 390 g/mol. The third-order valence-electron chi connectivity index (χ3n) is 6.93. The lowest BCUT2D eigenvalue weighted by atomic mass is 9.83. The van der Waals surface area contributed by atoms with E-state index in [4.69, 9.17) is 9.26 Å². The molecule has 3 aliphatic heterocycles. The van der Waals surface area contributed by atoms with Crippen LogP contribution in [-0.2, 0) is 16.1 Å². The maximum Gasteiger partial charge on any atom is 0.313 e. The predicted octanol–water partition coefficient (Wildman–Crippen LogP) is 4.19. The molecule has 2 atom stereocenters. The van der Waals surface area contributed by atoms with E-state index in [2.05, 4.69) is 10.1 Å². The number of ether oxygens (including phenoxy) is 1. The van der Waals surface area contributed by atoms with Gasteiger partial charge in [-0.1, -0.05) is 53.7 Å². The first-order chi connectivity index (χ1) is 15.1. The molecule has 6 nitrogen and oxygen atoms in total. The zero-order chi connectivity index (χ0) is 21.3. The summed E-state index contributed by atoms with van der Waals surface area (Å²) in [5, 5.41) is 4.24. The Hall–Kier alpha value is -2.99. The van der Waals surface area contributed by atoms with Crippen molar-refractivity contribution in [2.24, 2.45) is 5.92 Å². The van der Waals surface area contributed by atoms with Crippen molar-refractivity contribution in [2.45, 2.75) is 38.3 Å². The minimum atomic E-state index is -0.254. The molecule has 3 aliphatic rings. The van der Waals surface area contributed by atoms with E-state index in [0.29, 0.717) is 18.4 Å². The van der Waals surface area contributed by atoms with Crippen LogP contribution in [0.1, 0.15) is 37.1 Å². The first-order valence-corrected chi connectivity index (χ1v) is 11.1. The smallest absolute Gasteiger partial charge is 0.313 e. The molecule has 1 unspecified atom stereocenters. The summed E-state index contributed by atoms with van der Waals surface area (Å²) >= 11 is 0. The molecule has 0 N–H and O–H groups in total. The van der Waals surface area contributed by atoms with Crippen LogP contribution in [0, 0.1) is 5.92 Å². The van der Waals surface area contributed by atoms with E-state index in [9.17, 15) is 4.79 Å². The molecule has 2 aromatic carbocycles. The van der Waals surface area contributed by atoms with Gasteiger partial charge in [0.25, 0.3) is 5.89 Å². The van der Waals surface area contributed by atoms with Gasteiger partial charge in [0.05, 0.1) is 19.0 Å². The number of quaternary nitrogens is 1. The van der Waals surface area contributed by atoms with Crippen LogP contribution >= 0.6 is 0 Å². The Balaban J connectivity index is 1.27. The van der Waals surface area contributed by atoms with Gasteiger partial charge in [-0.2, -0.15) is 4.98 Å². The van der Waals surface area contributed by atoms with Crippen LogP contribution in [0.2, 0.25) is 0 Å². The molecule has 0 amide bonds. The average Bonchev–Trinajstić information content (AvgIpc) is 3.28. The highest BCUT2D eigenvalue weighted by Crippen LogP contribution is 2.37. The number of piperidine rings is 3. The van der Waals surface area contributed by atoms with E-state index in [1.54, 1.807) is 0 Å². The van der Waals surface area contributed by atoms with Gasteiger partial charge in [-0.15, -0.1) is 0 Å². The molecule has 6 rings (SSSR count). The number of benzene rings is 2. The zero-order valence-electron chi connectivity index (χ0n) is 17.8. The fraction of sp³-hybridized carbons (Fsp3) is 0.400. The van der Waals surface area contributed by atoms with E-state index in [-0.39, 0.29) is 18.0 Å². The summed E-state index contributed by atoms with van der Waals surface area (Å²) in [5.74, 6) is 1.35. The Bertz CT molecular complexity index is 1030. The second kappa shape index (κ2) is 8.27. The second-order valence-electron chi connectivity index (χ2n) is 8.96. The quantitative estimate of drug-likeness (QED) is 0.444. The minimum Gasteiger partial charge on any atom is -0.456 e. The third-order valence-corrected chi connectivity index (χ3v) is 6.93. The number of fused-ring (bicyclic) bond motifs is 3. The van der Waals surface area contributed by atoms with Crippen molar-refractivity contribution >= 4 is 5.97 Å². The van der Waals surface area contributed by atoms with E-state index >= 15 is 0 Å². The molecule has 6 heteroatoms. The number of aromatic nitrogens is 2. The van der Waals surface area contributed by atoms with Crippen LogP contribution in [0.5, 0.6) is 0 Å². The number of hydrogen-bond donors (Lipinski definition) is 0. The normalized spacial score (nSPS) is 25.8. The SMILES string of the molecule is CC(C(=O)O[C@H]1C[N+]2(Cc3noc(-c4ccccc4)n3)CCC1CC2)c1ccccc1. The lowest BCUT2D eigenvalue weighted by Gasteiger charge is -2.51. The highest BCUT2D eigenvalue weighted by Gasteiger charge is 2.48. The average molecular weight is 419 g/mol. The van der Waals surface area contributed by atoms with Crippen LogP contribution in [0.15, 0.2) is 65.2 Å². The minimum absolute atomic E-state index is 0.0401. The Kier molecular flexibility index (Phi) is 5.32. The largest absolute Gasteiger partial charge is 0.456 e. The summed E-state index contributed by atoms with van der Waals surface area (Å²) in [4.78, 5) is 17.5. The summed E-state index contributed by atoms with van der Waals surface area (Å²) in [6, 6.07) is 19.7. The molecular formula is C25H28N3O3+. The van der Waals surface area contributed by atoms with Crippen molar-refractivity contribution < 1.29 is 18.5 Å².